The summed E-state index contributed by atoms with van der Waals surface area (Å²) in [6, 6.07) is 4.78. The number of thiophene rings is 1. The van der Waals surface area contributed by atoms with Gasteiger partial charge in [-0.2, -0.15) is 0 Å². The van der Waals surface area contributed by atoms with E-state index >= 15 is 0 Å². The van der Waals surface area contributed by atoms with Gasteiger partial charge >= 0.3 is 5.97 Å². The fourth-order valence-corrected chi connectivity index (χ4v) is 5.13. The number of ether oxygens (including phenoxy) is 2. The van der Waals surface area contributed by atoms with E-state index in [4.69, 9.17) is 32.7 Å². The van der Waals surface area contributed by atoms with Crippen LogP contribution in [0.1, 0.15) is 53.4 Å². The summed E-state index contributed by atoms with van der Waals surface area (Å²) in [5.74, 6) is -0.145. The summed E-state index contributed by atoms with van der Waals surface area (Å²) in [4.78, 5) is 26.1. The number of nitrogens with one attached hydrogen (secondary N) is 1. The minimum atomic E-state index is -0.397. The van der Waals surface area contributed by atoms with E-state index in [9.17, 15) is 9.59 Å². The Balaban J connectivity index is 1.77. The van der Waals surface area contributed by atoms with Crippen molar-refractivity contribution in [3.05, 3.63) is 44.2 Å². The van der Waals surface area contributed by atoms with Gasteiger partial charge in [-0.25, -0.2) is 4.79 Å². The van der Waals surface area contributed by atoms with Crippen molar-refractivity contribution in [2.75, 3.05) is 18.5 Å². The minimum Gasteiger partial charge on any atom is -0.482 e. The Morgan fingerprint density at radius 2 is 2.11 bits per heavy atom. The Morgan fingerprint density at radius 1 is 1.32 bits per heavy atom. The van der Waals surface area contributed by atoms with Gasteiger partial charge in [0.05, 0.1) is 17.2 Å². The van der Waals surface area contributed by atoms with Gasteiger partial charge < -0.3 is 14.8 Å². The van der Waals surface area contributed by atoms with Gasteiger partial charge in [0.25, 0.3) is 5.91 Å². The number of aryl methyl sites for hydroxylation is 1. The number of amides is 1. The lowest BCUT2D eigenvalue weighted by molar-refractivity contribution is -0.118. The van der Waals surface area contributed by atoms with Crippen molar-refractivity contribution < 1.29 is 19.1 Å². The average molecular weight is 442 g/mol. The van der Waals surface area contributed by atoms with Crippen LogP contribution in [0.15, 0.2) is 18.2 Å². The van der Waals surface area contributed by atoms with Crippen molar-refractivity contribution in [3.8, 4) is 5.75 Å². The second-order valence-corrected chi connectivity index (χ2v) is 8.52. The van der Waals surface area contributed by atoms with Crippen LogP contribution in [0.5, 0.6) is 5.75 Å². The molecule has 1 heterocycles. The Kier molecular flexibility index (Phi) is 6.86. The zero-order valence-electron chi connectivity index (χ0n) is 15.6. The molecule has 0 spiro atoms. The summed E-state index contributed by atoms with van der Waals surface area (Å²) < 4.78 is 10.7. The maximum Gasteiger partial charge on any atom is 0.341 e. The molecule has 0 fully saturated rings. The molecule has 0 radical (unpaired) electrons. The number of hydrogen-bond acceptors (Lipinski definition) is 5. The summed E-state index contributed by atoms with van der Waals surface area (Å²) >= 11 is 13.4. The monoisotopic (exact) mass is 441 g/mol. The lowest BCUT2D eigenvalue weighted by Crippen LogP contribution is -2.21. The third kappa shape index (κ3) is 4.62. The van der Waals surface area contributed by atoms with E-state index in [1.54, 1.807) is 25.1 Å². The number of benzene rings is 1. The van der Waals surface area contributed by atoms with Crippen LogP contribution in [0.3, 0.4) is 0 Å². The van der Waals surface area contributed by atoms with Crippen LogP contribution in [-0.2, 0) is 16.0 Å². The van der Waals surface area contributed by atoms with E-state index in [0.29, 0.717) is 26.4 Å². The highest BCUT2D eigenvalue weighted by Gasteiger charge is 2.30. The Morgan fingerprint density at radius 3 is 2.82 bits per heavy atom. The number of fused-ring (bicyclic) bond motifs is 1. The maximum absolute atomic E-state index is 12.6. The first-order valence-corrected chi connectivity index (χ1v) is 10.7. The van der Waals surface area contributed by atoms with Gasteiger partial charge in [-0.1, -0.05) is 30.1 Å². The molecule has 1 unspecified atom stereocenters. The molecule has 0 aliphatic heterocycles. The van der Waals surface area contributed by atoms with Crippen LogP contribution >= 0.6 is 34.5 Å². The molecule has 5 nitrogen and oxygen atoms in total. The first-order valence-electron chi connectivity index (χ1n) is 9.11. The molecule has 1 aromatic carbocycles. The molecular weight excluding hydrogens is 421 g/mol. The molecule has 0 saturated heterocycles. The van der Waals surface area contributed by atoms with Gasteiger partial charge in [-0.05, 0) is 55.9 Å². The van der Waals surface area contributed by atoms with Gasteiger partial charge in [-0.15, -0.1) is 11.3 Å². The highest BCUT2D eigenvalue weighted by Crippen LogP contribution is 2.43. The number of esters is 1. The Hall–Kier alpha value is -1.76. The highest BCUT2D eigenvalue weighted by atomic mass is 35.5. The number of hydrogen-bond donors (Lipinski definition) is 1. The zero-order valence-corrected chi connectivity index (χ0v) is 18.0. The van der Waals surface area contributed by atoms with Crippen LogP contribution in [0.2, 0.25) is 10.0 Å². The van der Waals surface area contributed by atoms with Crippen LogP contribution in [0.4, 0.5) is 5.00 Å². The molecule has 8 heteroatoms. The van der Waals surface area contributed by atoms with Crippen LogP contribution < -0.4 is 10.1 Å². The number of carbonyl (C=O) groups is 2. The fraction of sp³-hybridized carbons (Fsp3) is 0.400. The van der Waals surface area contributed by atoms with Crippen molar-refractivity contribution >= 4 is 51.4 Å². The van der Waals surface area contributed by atoms with Crippen LogP contribution in [0, 0.1) is 0 Å². The molecule has 1 aliphatic carbocycles. The van der Waals surface area contributed by atoms with Gasteiger partial charge in [0, 0.05) is 9.90 Å². The molecule has 2 aromatic rings. The van der Waals surface area contributed by atoms with E-state index in [2.05, 4.69) is 12.2 Å². The first kappa shape index (κ1) is 21.0. The molecule has 1 N–H and O–H groups in total. The number of halogens is 2. The SMILES string of the molecule is CCOC(=O)c1c(NC(=O)COc2ccc(Cl)cc2Cl)sc2c1C(C)CCC2. The first-order chi connectivity index (χ1) is 13.4. The zero-order chi connectivity index (χ0) is 20.3. The Bertz CT molecular complexity index is 897. The van der Waals surface area contributed by atoms with Crippen molar-refractivity contribution in [3.63, 3.8) is 0 Å². The number of anilines is 1. The summed E-state index contributed by atoms with van der Waals surface area (Å²) in [7, 11) is 0. The van der Waals surface area contributed by atoms with Gasteiger partial charge in [-0.3, -0.25) is 4.79 Å². The van der Waals surface area contributed by atoms with E-state index < -0.39 is 5.97 Å². The minimum absolute atomic E-state index is 0.234. The third-order valence-electron chi connectivity index (χ3n) is 4.54. The summed E-state index contributed by atoms with van der Waals surface area (Å²) in [5.41, 5.74) is 1.48. The van der Waals surface area contributed by atoms with Crippen LogP contribution in [-0.4, -0.2) is 25.1 Å². The summed E-state index contributed by atoms with van der Waals surface area (Å²) in [5, 5.41) is 4.15. The van der Waals surface area contributed by atoms with Gasteiger partial charge in [0.2, 0.25) is 0 Å². The molecule has 150 valence electrons. The second kappa shape index (κ2) is 9.16. The summed E-state index contributed by atoms with van der Waals surface area (Å²) in [6.07, 6.45) is 2.99. The molecule has 3 rings (SSSR count). The lowest BCUT2D eigenvalue weighted by atomic mass is 9.86. The fourth-order valence-electron chi connectivity index (χ4n) is 3.30. The standard InChI is InChI=1S/C20H21Cl2NO4S/c1-3-26-20(25)18-17-11(2)5-4-6-15(17)28-19(18)23-16(24)10-27-14-8-7-12(21)9-13(14)22/h7-9,11H,3-6,10H2,1-2H3,(H,23,24). The number of carbonyl (C=O) groups excluding carboxylic acids is 2. The van der Waals surface area contributed by atoms with Gasteiger partial charge in [0.15, 0.2) is 6.61 Å². The smallest absolute Gasteiger partial charge is 0.341 e. The van der Waals surface area contributed by atoms with E-state index in [0.717, 1.165) is 29.7 Å². The quantitative estimate of drug-likeness (QED) is 0.584. The van der Waals surface area contributed by atoms with Crippen LogP contribution in [0.25, 0.3) is 0 Å². The van der Waals surface area contributed by atoms with Crippen molar-refractivity contribution in [2.24, 2.45) is 0 Å². The number of rotatable bonds is 6. The normalized spacial score (nSPS) is 15.6. The van der Waals surface area contributed by atoms with E-state index in [1.807, 2.05) is 0 Å². The predicted octanol–water partition coefficient (Wildman–Crippen LogP) is 5.69. The summed E-state index contributed by atoms with van der Waals surface area (Å²) in [6.45, 7) is 3.91. The second-order valence-electron chi connectivity index (χ2n) is 6.57. The van der Waals surface area contributed by atoms with E-state index in [-0.39, 0.29) is 25.0 Å². The molecule has 1 atom stereocenters. The Labute approximate surface area is 177 Å². The van der Waals surface area contributed by atoms with E-state index in [1.165, 1.54) is 11.3 Å². The maximum atomic E-state index is 12.6. The molecule has 0 bridgehead atoms. The lowest BCUT2D eigenvalue weighted by Gasteiger charge is -2.19. The topological polar surface area (TPSA) is 64.6 Å². The molecule has 28 heavy (non-hydrogen) atoms. The molecule has 1 aliphatic rings. The molecule has 1 amide bonds. The van der Waals surface area contributed by atoms with Gasteiger partial charge in [0.1, 0.15) is 10.8 Å². The predicted molar refractivity (Wildman–Crippen MR) is 112 cm³/mol. The third-order valence-corrected chi connectivity index (χ3v) is 6.25. The van der Waals surface area contributed by atoms with Crippen molar-refractivity contribution in [1.82, 2.24) is 0 Å². The molecule has 0 saturated carbocycles. The average Bonchev–Trinajstić information content (AvgIpc) is 3.00. The molecular formula is C20H21Cl2NO4S. The molecule has 1 aromatic heterocycles. The van der Waals surface area contributed by atoms with Crippen molar-refractivity contribution in [1.29, 1.82) is 0 Å². The van der Waals surface area contributed by atoms with Crippen molar-refractivity contribution in [2.45, 2.75) is 39.0 Å². The highest BCUT2D eigenvalue weighted by molar-refractivity contribution is 7.17. The largest absolute Gasteiger partial charge is 0.482 e.